The minimum Gasteiger partial charge on any atom is -0.372 e. The van der Waals surface area contributed by atoms with Gasteiger partial charge in [-0.15, -0.1) is 5.11 Å². The number of amides is 1. The molecular formula is C20H20N6O. The zero-order valence-electron chi connectivity index (χ0n) is 15.5. The molecule has 0 radical (unpaired) electrons. The minimum absolute atomic E-state index is 0.201. The van der Waals surface area contributed by atoms with Crippen molar-refractivity contribution in [3.05, 3.63) is 47.5 Å². The first-order valence-corrected chi connectivity index (χ1v) is 8.54. The molecule has 0 atom stereocenters. The smallest absolute Gasteiger partial charge is 0.221 e. The van der Waals surface area contributed by atoms with Crippen molar-refractivity contribution in [3.63, 3.8) is 0 Å². The number of carbonyl (C=O) groups is 1. The molecule has 136 valence electrons. The van der Waals surface area contributed by atoms with Crippen molar-refractivity contribution in [3.8, 4) is 12.1 Å². The molecule has 7 nitrogen and oxygen atoms in total. The Bertz CT molecular complexity index is 948. The summed E-state index contributed by atoms with van der Waals surface area (Å²) >= 11 is 0. The predicted molar refractivity (Wildman–Crippen MR) is 104 cm³/mol. The quantitative estimate of drug-likeness (QED) is 0.757. The van der Waals surface area contributed by atoms with Gasteiger partial charge in [-0.25, -0.2) is 0 Å². The highest BCUT2D eigenvalue weighted by Gasteiger charge is 2.09. The number of nitriles is 2. The van der Waals surface area contributed by atoms with Crippen LogP contribution in [0.5, 0.6) is 0 Å². The van der Waals surface area contributed by atoms with E-state index in [0.717, 1.165) is 18.8 Å². The summed E-state index contributed by atoms with van der Waals surface area (Å²) in [6.07, 6.45) is 0. The van der Waals surface area contributed by atoms with Gasteiger partial charge < -0.3 is 10.2 Å². The van der Waals surface area contributed by atoms with Crippen LogP contribution in [-0.4, -0.2) is 19.0 Å². The van der Waals surface area contributed by atoms with Crippen molar-refractivity contribution in [1.29, 1.82) is 10.5 Å². The third-order valence-corrected chi connectivity index (χ3v) is 3.94. The molecule has 0 aliphatic heterocycles. The maximum atomic E-state index is 11.6. The lowest BCUT2D eigenvalue weighted by Crippen LogP contribution is -2.21. The number of hydrogen-bond donors (Lipinski definition) is 1. The topological polar surface area (TPSA) is 105 Å². The van der Waals surface area contributed by atoms with Crippen LogP contribution in [0.4, 0.5) is 22.7 Å². The summed E-state index contributed by atoms with van der Waals surface area (Å²) < 4.78 is 0. The van der Waals surface area contributed by atoms with Crippen LogP contribution in [0.3, 0.4) is 0 Å². The molecule has 1 N–H and O–H groups in total. The van der Waals surface area contributed by atoms with Crippen molar-refractivity contribution in [1.82, 2.24) is 0 Å². The number of anilines is 2. The van der Waals surface area contributed by atoms with Gasteiger partial charge in [0.2, 0.25) is 5.91 Å². The lowest BCUT2D eigenvalue weighted by Gasteiger charge is -2.22. The minimum atomic E-state index is -0.201. The van der Waals surface area contributed by atoms with E-state index in [0.29, 0.717) is 22.6 Å². The maximum absolute atomic E-state index is 11.6. The van der Waals surface area contributed by atoms with Crippen molar-refractivity contribution < 1.29 is 4.79 Å². The molecule has 0 unspecified atom stereocenters. The highest BCUT2D eigenvalue weighted by atomic mass is 16.1. The SMILES string of the molecule is CCN(CC)c1ccc(N=Nc2ccc(C#N)c(C#N)c2)c(NC(C)=O)c1. The van der Waals surface area contributed by atoms with Gasteiger partial charge in [0.1, 0.15) is 17.8 Å². The first-order valence-electron chi connectivity index (χ1n) is 8.54. The van der Waals surface area contributed by atoms with E-state index in [1.165, 1.54) is 19.1 Å². The van der Waals surface area contributed by atoms with Crippen LogP contribution >= 0.6 is 0 Å². The molecule has 2 rings (SSSR count). The first kappa shape index (κ1) is 19.6. The van der Waals surface area contributed by atoms with E-state index in [2.05, 4.69) is 34.3 Å². The Kier molecular flexibility index (Phi) is 6.62. The Hall–Kier alpha value is -3.71. The van der Waals surface area contributed by atoms with Gasteiger partial charge in [-0.3, -0.25) is 4.79 Å². The van der Waals surface area contributed by atoms with E-state index in [1.807, 2.05) is 24.3 Å². The number of rotatable bonds is 6. The molecule has 0 heterocycles. The zero-order chi connectivity index (χ0) is 19.8. The molecule has 1 amide bonds. The fourth-order valence-corrected chi connectivity index (χ4v) is 2.58. The van der Waals surface area contributed by atoms with Crippen LogP contribution in [0.1, 0.15) is 31.9 Å². The Morgan fingerprint density at radius 3 is 2.33 bits per heavy atom. The maximum Gasteiger partial charge on any atom is 0.221 e. The second kappa shape index (κ2) is 9.12. The molecule has 27 heavy (non-hydrogen) atoms. The summed E-state index contributed by atoms with van der Waals surface area (Å²) in [5.41, 5.74) is 3.03. The van der Waals surface area contributed by atoms with Crippen molar-refractivity contribution in [2.24, 2.45) is 10.2 Å². The first-order chi connectivity index (χ1) is 13.0. The summed E-state index contributed by atoms with van der Waals surface area (Å²) in [5, 5.41) is 29.2. The number of benzene rings is 2. The largest absolute Gasteiger partial charge is 0.372 e. The van der Waals surface area contributed by atoms with E-state index < -0.39 is 0 Å². The molecule has 0 aliphatic rings. The average Bonchev–Trinajstić information content (AvgIpc) is 2.67. The molecule has 0 bridgehead atoms. The molecular weight excluding hydrogens is 340 g/mol. The van der Waals surface area contributed by atoms with E-state index in [9.17, 15) is 4.79 Å². The molecule has 7 heteroatoms. The Morgan fingerprint density at radius 1 is 1.04 bits per heavy atom. The number of nitrogens with one attached hydrogen (secondary N) is 1. The van der Waals surface area contributed by atoms with Crippen LogP contribution < -0.4 is 10.2 Å². The number of nitrogens with zero attached hydrogens (tertiary/aromatic N) is 5. The van der Waals surface area contributed by atoms with Crippen molar-refractivity contribution >= 4 is 28.7 Å². The second-order valence-electron chi connectivity index (χ2n) is 5.71. The Balaban J connectivity index is 2.40. The van der Waals surface area contributed by atoms with E-state index in [-0.39, 0.29) is 11.5 Å². The molecule has 0 aromatic heterocycles. The fraction of sp³-hybridized carbons (Fsp3) is 0.250. The van der Waals surface area contributed by atoms with Crippen molar-refractivity contribution in [2.75, 3.05) is 23.3 Å². The molecule has 0 saturated heterocycles. The van der Waals surface area contributed by atoms with E-state index in [1.54, 1.807) is 12.1 Å². The molecule has 0 spiro atoms. The number of carbonyl (C=O) groups excluding carboxylic acids is 1. The van der Waals surface area contributed by atoms with E-state index in [4.69, 9.17) is 10.5 Å². The average molecular weight is 360 g/mol. The zero-order valence-corrected chi connectivity index (χ0v) is 15.5. The monoisotopic (exact) mass is 360 g/mol. The third-order valence-electron chi connectivity index (χ3n) is 3.94. The lowest BCUT2D eigenvalue weighted by molar-refractivity contribution is -0.114. The Morgan fingerprint density at radius 2 is 1.74 bits per heavy atom. The van der Waals surface area contributed by atoms with Gasteiger partial charge in [0, 0.05) is 25.7 Å². The van der Waals surface area contributed by atoms with Gasteiger partial charge >= 0.3 is 0 Å². The second-order valence-corrected chi connectivity index (χ2v) is 5.71. The van der Waals surface area contributed by atoms with Crippen LogP contribution in [0.2, 0.25) is 0 Å². The standard InChI is InChI=1S/C20H20N6O/c1-4-26(5-2)18-8-9-19(20(11-18)23-14(3)27)25-24-17-7-6-15(12-21)16(10-17)13-22/h6-11H,4-5H2,1-3H3,(H,23,27). The number of azo groups is 1. The van der Waals surface area contributed by atoms with Crippen LogP contribution in [0.15, 0.2) is 46.6 Å². The predicted octanol–water partition coefficient (Wildman–Crippen LogP) is 4.65. The Labute approximate surface area is 158 Å². The van der Waals surface area contributed by atoms with Gasteiger partial charge in [0.05, 0.1) is 22.5 Å². The summed E-state index contributed by atoms with van der Waals surface area (Å²) in [6, 6.07) is 14.2. The fourth-order valence-electron chi connectivity index (χ4n) is 2.58. The highest BCUT2D eigenvalue weighted by Crippen LogP contribution is 2.32. The lowest BCUT2D eigenvalue weighted by atomic mass is 10.1. The summed E-state index contributed by atoms with van der Waals surface area (Å²) in [5.74, 6) is -0.201. The molecule has 0 saturated carbocycles. The summed E-state index contributed by atoms with van der Waals surface area (Å²) in [7, 11) is 0. The molecule has 2 aromatic rings. The van der Waals surface area contributed by atoms with Crippen molar-refractivity contribution in [2.45, 2.75) is 20.8 Å². The third kappa shape index (κ3) is 4.90. The van der Waals surface area contributed by atoms with Crippen LogP contribution in [-0.2, 0) is 4.79 Å². The van der Waals surface area contributed by atoms with Crippen LogP contribution in [0, 0.1) is 22.7 Å². The van der Waals surface area contributed by atoms with Gasteiger partial charge in [-0.2, -0.15) is 15.6 Å². The normalized spacial score (nSPS) is 10.3. The number of hydrogen-bond acceptors (Lipinski definition) is 6. The van der Waals surface area contributed by atoms with E-state index >= 15 is 0 Å². The summed E-state index contributed by atoms with van der Waals surface area (Å²) in [4.78, 5) is 13.7. The molecule has 0 aliphatic carbocycles. The van der Waals surface area contributed by atoms with Gasteiger partial charge in [0.25, 0.3) is 0 Å². The summed E-state index contributed by atoms with van der Waals surface area (Å²) in [6.45, 7) is 7.25. The molecule has 0 fully saturated rings. The molecule has 2 aromatic carbocycles. The highest BCUT2D eigenvalue weighted by molar-refractivity contribution is 5.93. The van der Waals surface area contributed by atoms with Gasteiger partial charge in [-0.05, 0) is 50.2 Å². The van der Waals surface area contributed by atoms with Crippen LogP contribution in [0.25, 0.3) is 0 Å². The van der Waals surface area contributed by atoms with Gasteiger partial charge in [0.15, 0.2) is 0 Å². The van der Waals surface area contributed by atoms with Gasteiger partial charge in [-0.1, -0.05) is 0 Å².